The minimum atomic E-state index is -4.57. The molecule has 0 aromatic carbocycles. The van der Waals surface area contributed by atoms with Crippen LogP contribution in [0, 0.1) is 17.2 Å². The summed E-state index contributed by atoms with van der Waals surface area (Å²) in [4.78, 5) is 3.38. The number of nitriles is 1. The maximum Gasteiger partial charge on any atom is 0.433 e. The molecule has 0 saturated carbocycles. The van der Waals surface area contributed by atoms with Crippen LogP contribution in [-0.4, -0.2) is 22.7 Å². The number of alkyl halides is 3. The Balaban J connectivity index is 2.95. The molecule has 0 aliphatic carbocycles. The summed E-state index contributed by atoms with van der Waals surface area (Å²) in [6, 6.07) is 3.56. The van der Waals surface area contributed by atoms with Gasteiger partial charge in [0.2, 0.25) is 0 Å². The fourth-order valence-corrected chi connectivity index (χ4v) is 1.28. The highest BCUT2D eigenvalue weighted by Crippen LogP contribution is 2.29. The Morgan fingerprint density at radius 3 is 2.53 bits per heavy atom. The molecular weight excluding hydrogens is 259 g/mol. The molecular formula is C12H14F3N3O. The normalized spacial score (nSPS) is 13.2. The zero-order valence-corrected chi connectivity index (χ0v) is 10.5. The van der Waals surface area contributed by atoms with Gasteiger partial charge in [-0.3, -0.25) is 0 Å². The average molecular weight is 273 g/mol. The number of hydrogen-bond acceptors (Lipinski definition) is 4. The van der Waals surface area contributed by atoms with Crippen molar-refractivity contribution < 1.29 is 18.3 Å². The Bertz CT molecular complexity index is 480. The predicted octanol–water partition coefficient (Wildman–Crippen LogP) is 2.40. The van der Waals surface area contributed by atoms with Gasteiger partial charge in [0.05, 0.1) is 11.7 Å². The fraction of sp³-hybridized carbons (Fsp3) is 0.500. The summed E-state index contributed by atoms with van der Waals surface area (Å²) in [5, 5.41) is 21.0. The number of halogens is 3. The van der Waals surface area contributed by atoms with E-state index in [1.165, 1.54) is 0 Å². The highest BCUT2D eigenvalue weighted by atomic mass is 19.4. The molecule has 1 atom stereocenters. The van der Waals surface area contributed by atoms with Gasteiger partial charge in [0.15, 0.2) is 0 Å². The summed E-state index contributed by atoms with van der Waals surface area (Å²) < 4.78 is 37.5. The summed E-state index contributed by atoms with van der Waals surface area (Å²) in [7, 11) is 0. The quantitative estimate of drug-likeness (QED) is 0.883. The zero-order valence-electron chi connectivity index (χ0n) is 10.5. The molecule has 4 nitrogen and oxygen atoms in total. The van der Waals surface area contributed by atoms with Crippen LogP contribution >= 0.6 is 0 Å². The van der Waals surface area contributed by atoms with Crippen LogP contribution in [0.25, 0.3) is 0 Å². The van der Waals surface area contributed by atoms with Gasteiger partial charge < -0.3 is 10.4 Å². The van der Waals surface area contributed by atoms with Gasteiger partial charge in [0.1, 0.15) is 17.6 Å². The van der Waals surface area contributed by atoms with Crippen molar-refractivity contribution in [2.75, 3.05) is 11.9 Å². The van der Waals surface area contributed by atoms with E-state index in [0.717, 1.165) is 12.1 Å². The summed E-state index contributed by atoms with van der Waals surface area (Å²) >= 11 is 0. The third-order valence-electron chi connectivity index (χ3n) is 2.55. The van der Waals surface area contributed by atoms with E-state index in [1.807, 2.05) is 0 Å². The van der Waals surface area contributed by atoms with E-state index >= 15 is 0 Å². The summed E-state index contributed by atoms with van der Waals surface area (Å²) in [5.41, 5.74) is -1.07. The Kier molecular flexibility index (Phi) is 4.72. The number of pyridine rings is 1. The molecule has 0 fully saturated rings. The Labute approximate surface area is 108 Å². The molecule has 1 aromatic rings. The van der Waals surface area contributed by atoms with Crippen molar-refractivity contribution in [3.05, 3.63) is 23.4 Å². The lowest BCUT2D eigenvalue weighted by molar-refractivity contribution is -0.141. The molecule has 0 saturated heterocycles. The Hall–Kier alpha value is -1.81. The van der Waals surface area contributed by atoms with Crippen molar-refractivity contribution in [1.29, 1.82) is 5.26 Å². The number of aliphatic hydroxyl groups excluding tert-OH is 1. The summed E-state index contributed by atoms with van der Waals surface area (Å²) in [6.45, 7) is 3.58. The van der Waals surface area contributed by atoms with E-state index in [2.05, 4.69) is 10.3 Å². The smallest absolute Gasteiger partial charge is 0.391 e. The van der Waals surface area contributed by atoms with Crippen LogP contribution in [0.1, 0.15) is 25.1 Å². The molecule has 1 rings (SSSR count). The van der Waals surface area contributed by atoms with E-state index in [4.69, 9.17) is 5.26 Å². The van der Waals surface area contributed by atoms with Crippen molar-refractivity contribution in [3.8, 4) is 6.07 Å². The van der Waals surface area contributed by atoms with Crippen molar-refractivity contribution in [3.63, 3.8) is 0 Å². The van der Waals surface area contributed by atoms with Crippen LogP contribution in [0.4, 0.5) is 19.0 Å². The number of nitrogens with one attached hydrogen (secondary N) is 1. The zero-order chi connectivity index (χ0) is 14.6. The van der Waals surface area contributed by atoms with Gasteiger partial charge in [-0.15, -0.1) is 0 Å². The average Bonchev–Trinajstić information content (AvgIpc) is 2.34. The molecule has 7 heteroatoms. The number of anilines is 1. The van der Waals surface area contributed by atoms with Gasteiger partial charge in [-0.2, -0.15) is 18.4 Å². The van der Waals surface area contributed by atoms with E-state index in [1.54, 1.807) is 19.9 Å². The maximum atomic E-state index is 12.5. The lowest BCUT2D eigenvalue weighted by Gasteiger charge is -2.16. The van der Waals surface area contributed by atoms with Crippen LogP contribution in [0.2, 0.25) is 0 Å². The first-order chi connectivity index (χ1) is 8.75. The number of nitrogens with zero attached hydrogens (tertiary/aromatic N) is 2. The van der Waals surface area contributed by atoms with Crippen LogP contribution in [0.5, 0.6) is 0 Å². The van der Waals surface area contributed by atoms with Gasteiger partial charge >= 0.3 is 6.18 Å². The molecule has 1 heterocycles. The number of rotatable bonds is 4. The molecule has 0 spiro atoms. The van der Waals surface area contributed by atoms with Crippen molar-refractivity contribution in [2.24, 2.45) is 5.92 Å². The monoisotopic (exact) mass is 273 g/mol. The molecule has 1 aromatic heterocycles. The highest BCUT2D eigenvalue weighted by molar-refractivity contribution is 5.52. The summed E-state index contributed by atoms with van der Waals surface area (Å²) in [6.07, 6.45) is -5.30. The Morgan fingerprint density at radius 1 is 1.42 bits per heavy atom. The molecule has 0 aliphatic rings. The van der Waals surface area contributed by atoms with E-state index in [-0.39, 0.29) is 23.8 Å². The third kappa shape index (κ3) is 4.10. The molecule has 104 valence electrons. The van der Waals surface area contributed by atoms with Crippen LogP contribution < -0.4 is 5.32 Å². The number of aromatic nitrogens is 1. The van der Waals surface area contributed by atoms with Crippen molar-refractivity contribution in [1.82, 2.24) is 4.98 Å². The van der Waals surface area contributed by atoms with Gasteiger partial charge in [-0.1, -0.05) is 13.8 Å². The minimum absolute atomic E-state index is 0.00366. The lowest BCUT2D eigenvalue weighted by atomic mass is 10.1. The van der Waals surface area contributed by atoms with Crippen LogP contribution in [0.3, 0.4) is 0 Å². The van der Waals surface area contributed by atoms with Gasteiger partial charge in [0, 0.05) is 6.54 Å². The molecule has 2 N–H and O–H groups in total. The van der Waals surface area contributed by atoms with Gasteiger partial charge in [-0.25, -0.2) is 4.98 Å². The number of aliphatic hydroxyl groups is 1. The fourth-order valence-electron chi connectivity index (χ4n) is 1.28. The first kappa shape index (κ1) is 15.2. The van der Waals surface area contributed by atoms with Crippen molar-refractivity contribution in [2.45, 2.75) is 26.1 Å². The standard InChI is InChI=1S/C12H14F3N3O/c1-7(2)9(19)6-17-11-8(5-16)3-4-10(18-11)12(13,14)15/h3-4,7,9,19H,6H2,1-2H3,(H,17,18). The second kappa shape index (κ2) is 5.89. The van der Waals surface area contributed by atoms with Crippen LogP contribution in [-0.2, 0) is 6.18 Å². The van der Waals surface area contributed by atoms with Crippen molar-refractivity contribution >= 4 is 5.82 Å². The van der Waals surface area contributed by atoms with Gasteiger partial charge in [0.25, 0.3) is 0 Å². The van der Waals surface area contributed by atoms with Gasteiger partial charge in [-0.05, 0) is 18.1 Å². The van der Waals surface area contributed by atoms with E-state index < -0.39 is 18.0 Å². The lowest BCUT2D eigenvalue weighted by Crippen LogP contribution is -2.25. The van der Waals surface area contributed by atoms with E-state index in [0.29, 0.717) is 0 Å². The second-order valence-electron chi connectivity index (χ2n) is 4.39. The molecule has 0 amide bonds. The predicted molar refractivity (Wildman–Crippen MR) is 63.3 cm³/mol. The largest absolute Gasteiger partial charge is 0.433 e. The molecule has 1 unspecified atom stereocenters. The SMILES string of the molecule is CC(C)C(O)CNc1nc(C(F)(F)F)ccc1C#N. The van der Waals surface area contributed by atoms with E-state index in [9.17, 15) is 18.3 Å². The summed E-state index contributed by atoms with van der Waals surface area (Å²) in [5.74, 6) is -0.221. The second-order valence-corrected chi connectivity index (χ2v) is 4.39. The first-order valence-corrected chi connectivity index (χ1v) is 5.66. The molecule has 0 aliphatic heterocycles. The number of hydrogen-bond donors (Lipinski definition) is 2. The first-order valence-electron chi connectivity index (χ1n) is 5.66. The van der Waals surface area contributed by atoms with Crippen LogP contribution in [0.15, 0.2) is 12.1 Å². The minimum Gasteiger partial charge on any atom is -0.391 e. The molecule has 0 bridgehead atoms. The molecule has 19 heavy (non-hydrogen) atoms. The highest BCUT2D eigenvalue weighted by Gasteiger charge is 2.33. The Morgan fingerprint density at radius 2 is 2.05 bits per heavy atom. The molecule has 0 radical (unpaired) electrons. The third-order valence-corrected chi connectivity index (χ3v) is 2.55. The maximum absolute atomic E-state index is 12.5. The topological polar surface area (TPSA) is 68.9 Å².